The Morgan fingerprint density at radius 3 is 2.57 bits per heavy atom. The van der Waals surface area contributed by atoms with Crippen molar-refractivity contribution in [2.75, 3.05) is 0 Å². The van der Waals surface area contributed by atoms with Crippen LogP contribution >= 0.6 is 11.6 Å². The predicted octanol–water partition coefficient (Wildman–Crippen LogP) is 4.25. The first-order valence-corrected chi connectivity index (χ1v) is 6.70. The van der Waals surface area contributed by atoms with Crippen molar-refractivity contribution >= 4 is 28.5 Å². The summed E-state index contributed by atoms with van der Waals surface area (Å²) in [6, 6.07) is 11.4. The number of carbonyl (C=O) groups is 1. The SMILES string of the molecule is O=C(O)Cc1c(-c2ccc(Cl)cc2)[nH]c2ccc(F)cc12. The molecule has 5 heteroatoms. The fourth-order valence-electron chi connectivity index (χ4n) is 2.42. The van der Waals surface area contributed by atoms with E-state index in [-0.39, 0.29) is 6.42 Å². The number of aliphatic carboxylic acids is 1. The van der Waals surface area contributed by atoms with Crippen LogP contribution in [0.1, 0.15) is 5.56 Å². The van der Waals surface area contributed by atoms with E-state index in [0.717, 1.165) is 5.56 Å². The van der Waals surface area contributed by atoms with Crippen LogP contribution in [0.4, 0.5) is 4.39 Å². The number of carboxylic acid groups (broad SMARTS) is 1. The molecule has 0 bridgehead atoms. The van der Waals surface area contributed by atoms with Crippen LogP contribution < -0.4 is 0 Å². The molecule has 0 spiro atoms. The van der Waals surface area contributed by atoms with E-state index < -0.39 is 11.8 Å². The van der Waals surface area contributed by atoms with E-state index in [4.69, 9.17) is 16.7 Å². The molecule has 1 aromatic heterocycles. The van der Waals surface area contributed by atoms with Crippen LogP contribution in [0.15, 0.2) is 42.5 Å². The van der Waals surface area contributed by atoms with Gasteiger partial charge in [0.2, 0.25) is 0 Å². The van der Waals surface area contributed by atoms with Gasteiger partial charge in [-0.3, -0.25) is 4.79 Å². The highest BCUT2D eigenvalue weighted by Gasteiger charge is 2.16. The molecule has 2 N–H and O–H groups in total. The minimum Gasteiger partial charge on any atom is -0.481 e. The molecule has 3 nitrogen and oxygen atoms in total. The van der Waals surface area contributed by atoms with Gasteiger partial charge in [-0.25, -0.2) is 4.39 Å². The Balaban J connectivity index is 2.25. The van der Waals surface area contributed by atoms with E-state index in [0.29, 0.717) is 27.2 Å². The Kier molecular flexibility index (Phi) is 3.39. The van der Waals surface area contributed by atoms with Crippen molar-refractivity contribution < 1.29 is 14.3 Å². The molecule has 1 heterocycles. The average Bonchev–Trinajstić information content (AvgIpc) is 2.77. The molecule has 0 amide bonds. The molecule has 0 unspecified atom stereocenters. The van der Waals surface area contributed by atoms with Crippen LogP contribution in [0.2, 0.25) is 5.02 Å². The monoisotopic (exact) mass is 303 g/mol. The second-order valence-corrected chi connectivity index (χ2v) is 5.18. The fraction of sp³-hybridized carbons (Fsp3) is 0.0625. The van der Waals surface area contributed by atoms with Gasteiger partial charge in [-0.1, -0.05) is 23.7 Å². The molecule has 3 aromatic rings. The quantitative estimate of drug-likeness (QED) is 0.760. The van der Waals surface area contributed by atoms with Crippen molar-refractivity contribution in [3.05, 3.63) is 58.9 Å². The lowest BCUT2D eigenvalue weighted by atomic mass is 10.0. The van der Waals surface area contributed by atoms with Crippen molar-refractivity contribution in [1.29, 1.82) is 0 Å². The maximum absolute atomic E-state index is 13.4. The van der Waals surface area contributed by atoms with Gasteiger partial charge in [-0.15, -0.1) is 0 Å². The summed E-state index contributed by atoms with van der Waals surface area (Å²) in [5.41, 5.74) is 2.76. The molecule has 0 saturated carbocycles. The zero-order valence-corrected chi connectivity index (χ0v) is 11.6. The number of H-pyrrole nitrogens is 1. The summed E-state index contributed by atoms with van der Waals surface area (Å²) >= 11 is 5.87. The van der Waals surface area contributed by atoms with Crippen LogP contribution in [0.5, 0.6) is 0 Å². The van der Waals surface area contributed by atoms with Crippen LogP contribution in [0.25, 0.3) is 22.2 Å². The van der Waals surface area contributed by atoms with Gasteiger partial charge in [-0.2, -0.15) is 0 Å². The lowest BCUT2D eigenvalue weighted by Crippen LogP contribution is -2.01. The van der Waals surface area contributed by atoms with Gasteiger partial charge in [0.25, 0.3) is 0 Å². The summed E-state index contributed by atoms with van der Waals surface area (Å²) in [7, 11) is 0. The predicted molar refractivity (Wildman–Crippen MR) is 80.0 cm³/mol. The topological polar surface area (TPSA) is 53.1 Å². The third-order valence-corrected chi connectivity index (χ3v) is 3.58. The van der Waals surface area contributed by atoms with Gasteiger partial charge < -0.3 is 10.1 Å². The van der Waals surface area contributed by atoms with Crippen molar-refractivity contribution in [2.45, 2.75) is 6.42 Å². The van der Waals surface area contributed by atoms with Crippen LogP contribution in [0, 0.1) is 5.82 Å². The Morgan fingerprint density at radius 2 is 1.90 bits per heavy atom. The number of benzene rings is 2. The first-order valence-electron chi connectivity index (χ1n) is 6.32. The summed E-state index contributed by atoms with van der Waals surface area (Å²) in [4.78, 5) is 14.3. The maximum atomic E-state index is 13.4. The van der Waals surface area contributed by atoms with Crippen molar-refractivity contribution in [3.63, 3.8) is 0 Å². The van der Waals surface area contributed by atoms with Crippen LogP contribution in [-0.2, 0) is 11.2 Å². The summed E-state index contributed by atoms with van der Waals surface area (Å²) in [5.74, 6) is -1.36. The summed E-state index contributed by atoms with van der Waals surface area (Å²) in [5, 5.41) is 10.3. The Morgan fingerprint density at radius 1 is 1.19 bits per heavy atom. The van der Waals surface area contributed by atoms with Crippen LogP contribution in [0.3, 0.4) is 0 Å². The number of aromatic amines is 1. The number of fused-ring (bicyclic) bond motifs is 1. The molecule has 0 aliphatic carbocycles. The maximum Gasteiger partial charge on any atom is 0.307 e. The van der Waals surface area contributed by atoms with E-state index in [1.54, 1.807) is 30.3 Å². The van der Waals surface area contributed by atoms with Gasteiger partial charge in [0, 0.05) is 15.9 Å². The van der Waals surface area contributed by atoms with Gasteiger partial charge in [0.15, 0.2) is 0 Å². The summed E-state index contributed by atoms with van der Waals surface area (Å²) in [6.07, 6.45) is -0.179. The zero-order chi connectivity index (χ0) is 15.0. The first-order chi connectivity index (χ1) is 10.0. The Hall–Kier alpha value is -2.33. The molecular formula is C16H11ClFNO2. The molecule has 0 aliphatic rings. The smallest absolute Gasteiger partial charge is 0.307 e. The number of nitrogens with one attached hydrogen (secondary N) is 1. The normalized spacial score (nSPS) is 11.0. The molecule has 0 aliphatic heterocycles. The van der Waals surface area contributed by atoms with E-state index in [9.17, 15) is 9.18 Å². The fourth-order valence-corrected chi connectivity index (χ4v) is 2.54. The lowest BCUT2D eigenvalue weighted by molar-refractivity contribution is -0.136. The molecule has 21 heavy (non-hydrogen) atoms. The van der Waals surface area contributed by atoms with Gasteiger partial charge in [0.05, 0.1) is 12.1 Å². The third-order valence-electron chi connectivity index (χ3n) is 3.33. The molecular weight excluding hydrogens is 293 g/mol. The molecule has 3 rings (SSSR count). The minimum absolute atomic E-state index is 0.179. The highest BCUT2D eigenvalue weighted by atomic mass is 35.5. The molecule has 2 aromatic carbocycles. The Labute approximate surface area is 125 Å². The summed E-state index contributed by atoms with van der Waals surface area (Å²) in [6.45, 7) is 0. The van der Waals surface area contributed by atoms with Crippen molar-refractivity contribution in [2.24, 2.45) is 0 Å². The second kappa shape index (κ2) is 5.22. The van der Waals surface area contributed by atoms with Crippen molar-refractivity contribution in [1.82, 2.24) is 4.98 Å². The van der Waals surface area contributed by atoms with Crippen LogP contribution in [-0.4, -0.2) is 16.1 Å². The highest BCUT2D eigenvalue weighted by molar-refractivity contribution is 6.30. The van der Waals surface area contributed by atoms with Gasteiger partial charge >= 0.3 is 5.97 Å². The number of hydrogen-bond acceptors (Lipinski definition) is 1. The largest absolute Gasteiger partial charge is 0.481 e. The number of hydrogen-bond donors (Lipinski definition) is 2. The Bertz CT molecular complexity index is 824. The molecule has 0 saturated heterocycles. The zero-order valence-electron chi connectivity index (χ0n) is 10.9. The van der Waals surface area contributed by atoms with E-state index >= 15 is 0 Å². The number of halogens is 2. The minimum atomic E-state index is -0.963. The number of aromatic nitrogens is 1. The first kappa shape index (κ1) is 13.6. The summed E-state index contributed by atoms with van der Waals surface area (Å²) < 4.78 is 13.4. The van der Waals surface area contributed by atoms with Gasteiger partial charge in [-0.05, 0) is 41.5 Å². The number of carboxylic acids is 1. The highest BCUT2D eigenvalue weighted by Crippen LogP contribution is 2.31. The molecule has 106 valence electrons. The van der Waals surface area contributed by atoms with Crippen molar-refractivity contribution in [3.8, 4) is 11.3 Å². The third kappa shape index (κ3) is 2.62. The van der Waals surface area contributed by atoms with E-state index in [1.807, 2.05) is 0 Å². The van der Waals surface area contributed by atoms with E-state index in [1.165, 1.54) is 12.1 Å². The molecule has 0 radical (unpaired) electrons. The second-order valence-electron chi connectivity index (χ2n) is 4.75. The average molecular weight is 304 g/mol. The molecule has 0 fully saturated rings. The van der Waals surface area contributed by atoms with Gasteiger partial charge in [0.1, 0.15) is 5.82 Å². The lowest BCUT2D eigenvalue weighted by Gasteiger charge is -2.03. The standard InChI is InChI=1S/C16H11ClFNO2/c17-10-3-1-9(2-4-10)16-13(8-15(20)21)12-7-11(18)5-6-14(12)19-16/h1-7,19H,8H2,(H,20,21). The number of rotatable bonds is 3. The molecule has 0 atom stereocenters. The van der Waals surface area contributed by atoms with E-state index in [2.05, 4.69) is 4.98 Å².